The Bertz CT molecular complexity index is 604. The Labute approximate surface area is 140 Å². The van der Waals surface area contributed by atoms with Gasteiger partial charge in [0.2, 0.25) is 0 Å². The first-order valence-corrected chi connectivity index (χ1v) is 8.80. The zero-order valence-corrected chi connectivity index (χ0v) is 15.6. The highest BCUT2D eigenvalue weighted by Gasteiger charge is 2.17. The lowest BCUT2D eigenvalue weighted by Gasteiger charge is -2.13. The van der Waals surface area contributed by atoms with Crippen LogP contribution in [0.3, 0.4) is 0 Å². The maximum Gasteiger partial charge on any atom is 0.178 e. The predicted molar refractivity (Wildman–Crippen MR) is 92.9 cm³/mol. The molecule has 0 unspecified atom stereocenters. The Morgan fingerprint density at radius 2 is 1.50 bits per heavy atom. The zero-order valence-electron chi connectivity index (χ0n) is 14.0. The van der Waals surface area contributed by atoms with Gasteiger partial charge in [0.25, 0.3) is 0 Å². The molecule has 0 aromatic carbocycles. The molecule has 0 saturated carbocycles. The van der Waals surface area contributed by atoms with E-state index in [0.717, 1.165) is 22.7 Å². The van der Waals surface area contributed by atoms with E-state index in [1.54, 1.807) is 0 Å². The number of hydrogen-bond acceptors (Lipinski definition) is 6. The van der Waals surface area contributed by atoms with Gasteiger partial charge in [0.05, 0.1) is 18.0 Å². The molecule has 0 amide bonds. The van der Waals surface area contributed by atoms with E-state index in [2.05, 4.69) is 51.5 Å². The summed E-state index contributed by atoms with van der Waals surface area (Å²) in [6.07, 6.45) is 0.792. The summed E-state index contributed by atoms with van der Waals surface area (Å²) in [6.45, 7) is 12.6. The van der Waals surface area contributed by atoms with Crippen LogP contribution in [0.15, 0.2) is 10.8 Å². The number of aldehydes is 1. The van der Waals surface area contributed by atoms with Gasteiger partial charge in [-0.15, -0.1) is 22.7 Å². The summed E-state index contributed by atoms with van der Waals surface area (Å²) in [4.78, 5) is 18.7. The second kappa shape index (κ2) is 7.44. The van der Waals surface area contributed by atoms with Crippen molar-refractivity contribution in [2.75, 3.05) is 0 Å². The van der Waals surface area contributed by atoms with Gasteiger partial charge in [0, 0.05) is 21.6 Å². The Balaban J connectivity index is 0.000000220. The average Bonchev–Trinajstić information content (AvgIpc) is 3.07. The van der Waals surface area contributed by atoms with Crippen molar-refractivity contribution < 1.29 is 9.90 Å². The van der Waals surface area contributed by atoms with Crippen molar-refractivity contribution in [3.05, 3.63) is 32.2 Å². The zero-order chi connectivity index (χ0) is 17.0. The van der Waals surface area contributed by atoms with Crippen LogP contribution in [0, 0.1) is 0 Å². The fourth-order valence-electron chi connectivity index (χ4n) is 1.41. The molecule has 6 heteroatoms. The lowest BCUT2D eigenvalue weighted by atomic mass is 9.93. The molecular formula is C16H24N2O2S2. The van der Waals surface area contributed by atoms with Crippen LogP contribution >= 0.6 is 22.7 Å². The Morgan fingerprint density at radius 1 is 1.00 bits per heavy atom. The number of thiazole rings is 2. The van der Waals surface area contributed by atoms with Crippen LogP contribution in [0.4, 0.5) is 0 Å². The highest BCUT2D eigenvalue weighted by atomic mass is 32.1. The number of carbonyl (C=O) groups is 1. The Morgan fingerprint density at radius 3 is 1.77 bits per heavy atom. The summed E-state index contributed by atoms with van der Waals surface area (Å²) in [5, 5.41) is 14.1. The molecule has 0 aliphatic heterocycles. The van der Waals surface area contributed by atoms with Crippen LogP contribution in [0.2, 0.25) is 0 Å². The van der Waals surface area contributed by atoms with E-state index >= 15 is 0 Å². The number of nitrogens with zero attached hydrogens (tertiary/aromatic N) is 2. The van der Waals surface area contributed by atoms with E-state index in [-0.39, 0.29) is 17.4 Å². The molecule has 0 bridgehead atoms. The lowest BCUT2D eigenvalue weighted by Crippen LogP contribution is -2.11. The minimum Gasteiger partial charge on any atom is -0.389 e. The summed E-state index contributed by atoms with van der Waals surface area (Å²) in [5.74, 6) is 0. The highest BCUT2D eigenvalue weighted by Crippen LogP contribution is 2.24. The first kappa shape index (κ1) is 18.9. The van der Waals surface area contributed by atoms with Crippen LogP contribution in [0.1, 0.15) is 67.7 Å². The minimum absolute atomic E-state index is 0.0533. The maximum atomic E-state index is 10.3. The van der Waals surface area contributed by atoms with Crippen LogP contribution in [0.25, 0.3) is 0 Å². The molecule has 2 aromatic rings. The molecule has 0 saturated heterocycles. The predicted octanol–water partition coefficient (Wildman–Crippen LogP) is 4.19. The van der Waals surface area contributed by atoms with Gasteiger partial charge >= 0.3 is 0 Å². The Hall–Kier alpha value is -1.11. The average molecular weight is 341 g/mol. The summed E-state index contributed by atoms with van der Waals surface area (Å²) in [5.41, 5.74) is 2.21. The number of aliphatic hydroxyl groups is 1. The van der Waals surface area contributed by atoms with Crippen LogP contribution in [-0.4, -0.2) is 21.4 Å². The van der Waals surface area contributed by atoms with Crippen LogP contribution < -0.4 is 0 Å². The van der Waals surface area contributed by atoms with Gasteiger partial charge in [-0.3, -0.25) is 4.79 Å². The van der Waals surface area contributed by atoms with Gasteiger partial charge in [-0.1, -0.05) is 41.5 Å². The van der Waals surface area contributed by atoms with Gasteiger partial charge in [-0.2, -0.15) is 0 Å². The van der Waals surface area contributed by atoms with Crippen molar-refractivity contribution in [1.29, 1.82) is 0 Å². The van der Waals surface area contributed by atoms with Gasteiger partial charge in [0.1, 0.15) is 5.01 Å². The third-order valence-electron chi connectivity index (χ3n) is 2.85. The third kappa shape index (κ3) is 5.59. The number of aliphatic hydroxyl groups excluding tert-OH is 1. The molecule has 2 aromatic heterocycles. The molecule has 0 aliphatic rings. The molecule has 2 heterocycles. The van der Waals surface area contributed by atoms with Crippen molar-refractivity contribution in [3.8, 4) is 0 Å². The van der Waals surface area contributed by atoms with Gasteiger partial charge in [-0.25, -0.2) is 9.97 Å². The second-order valence-corrected chi connectivity index (χ2v) is 8.81. The van der Waals surface area contributed by atoms with E-state index in [1.165, 1.54) is 22.7 Å². The topological polar surface area (TPSA) is 63.1 Å². The highest BCUT2D eigenvalue weighted by molar-refractivity contribution is 7.11. The van der Waals surface area contributed by atoms with Gasteiger partial charge < -0.3 is 5.11 Å². The smallest absolute Gasteiger partial charge is 0.178 e. The van der Waals surface area contributed by atoms with E-state index in [1.807, 2.05) is 10.8 Å². The van der Waals surface area contributed by atoms with E-state index < -0.39 is 0 Å². The van der Waals surface area contributed by atoms with Crippen molar-refractivity contribution >= 4 is 29.0 Å². The van der Waals surface area contributed by atoms with Gasteiger partial charge in [-0.05, 0) is 0 Å². The standard InChI is InChI=1S/C8H13NOS.C8H11NOS/c2*1-8(2,3)6-5-11-7(4-10)9-6/h5,10H,4H2,1-3H3;4-5H,1-3H3. The SMILES string of the molecule is CC(C)(C)c1csc(C=O)n1.CC(C)(C)c1csc(CO)n1. The largest absolute Gasteiger partial charge is 0.389 e. The van der Waals surface area contributed by atoms with E-state index in [9.17, 15) is 4.79 Å². The minimum atomic E-state index is 0.0533. The molecular weight excluding hydrogens is 316 g/mol. The summed E-state index contributed by atoms with van der Waals surface area (Å²) in [6, 6.07) is 0. The molecule has 0 spiro atoms. The second-order valence-electron chi connectivity index (χ2n) is 6.97. The molecule has 0 aliphatic carbocycles. The Kier molecular flexibility index (Phi) is 6.40. The summed E-state index contributed by atoms with van der Waals surface area (Å²) < 4.78 is 0. The third-order valence-corrected chi connectivity index (χ3v) is 4.45. The van der Waals surface area contributed by atoms with Crippen molar-refractivity contribution in [2.45, 2.75) is 59.0 Å². The van der Waals surface area contributed by atoms with Crippen molar-refractivity contribution in [3.63, 3.8) is 0 Å². The molecule has 4 nitrogen and oxygen atoms in total. The molecule has 122 valence electrons. The molecule has 22 heavy (non-hydrogen) atoms. The molecule has 1 N–H and O–H groups in total. The van der Waals surface area contributed by atoms with E-state index in [4.69, 9.17) is 5.11 Å². The number of hydrogen-bond donors (Lipinski definition) is 1. The van der Waals surface area contributed by atoms with Crippen molar-refractivity contribution in [2.24, 2.45) is 0 Å². The monoisotopic (exact) mass is 340 g/mol. The number of aromatic nitrogens is 2. The van der Waals surface area contributed by atoms with E-state index in [0.29, 0.717) is 5.01 Å². The molecule has 2 rings (SSSR count). The summed E-state index contributed by atoms with van der Waals surface area (Å²) in [7, 11) is 0. The first-order chi connectivity index (χ1) is 10.1. The lowest BCUT2D eigenvalue weighted by molar-refractivity contribution is 0.112. The van der Waals surface area contributed by atoms with Crippen molar-refractivity contribution in [1.82, 2.24) is 9.97 Å². The number of carbonyl (C=O) groups excluding carboxylic acids is 1. The summed E-state index contributed by atoms with van der Waals surface area (Å²) >= 11 is 2.91. The normalized spacial score (nSPS) is 11.8. The molecule has 0 fully saturated rings. The fraction of sp³-hybridized carbons (Fsp3) is 0.562. The quantitative estimate of drug-likeness (QED) is 0.833. The molecule has 0 radical (unpaired) electrons. The fourth-order valence-corrected chi connectivity index (χ4v) is 3.14. The van der Waals surface area contributed by atoms with Crippen LogP contribution in [-0.2, 0) is 17.4 Å². The maximum absolute atomic E-state index is 10.3. The first-order valence-electron chi connectivity index (χ1n) is 7.05. The van der Waals surface area contributed by atoms with Crippen LogP contribution in [0.5, 0.6) is 0 Å². The van der Waals surface area contributed by atoms with Gasteiger partial charge in [0.15, 0.2) is 11.3 Å². The number of rotatable bonds is 2. The molecule has 0 atom stereocenters.